The van der Waals surface area contributed by atoms with Crippen LogP contribution in [0.4, 0.5) is 0 Å². The van der Waals surface area contributed by atoms with Crippen molar-refractivity contribution in [2.24, 2.45) is 0 Å². The van der Waals surface area contributed by atoms with Crippen molar-refractivity contribution in [3.63, 3.8) is 0 Å². The molecule has 2 aromatic rings. The van der Waals surface area contributed by atoms with Gasteiger partial charge >= 0.3 is 0 Å². The van der Waals surface area contributed by atoms with Crippen LogP contribution in [-0.4, -0.2) is 12.3 Å². The van der Waals surface area contributed by atoms with Crippen molar-refractivity contribution in [1.29, 1.82) is 0 Å². The molecule has 1 heterocycles. The van der Waals surface area contributed by atoms with Crippen molar-refractivity contribution in [2.75, 3.05) is 12.3 Å². The van der Waals surface area contributed by atoms with Crippen LogP contribution < -0.4 is 0 Å². The summed E-state index contributed by atoms with van der Waals surface area (Å²) in [7, 11) is 0.0686. The van der Waals surface area contributed by atoms with E-state index in [2.05, 4.69) is 60.7 Å². The third kappa shape index (κ3) is 3.95. The highest BCUT2D eigenvalue weighted by Crippen LogP contribution is 2.56. The lowest BCUT2D eigenvalue weighted by Gasteiger charge is -2.30. The molecule has 0 saturated carbocycles. The Bertz CT molecular complexity index is 473. The van der Waals surface area contributed by atoms with Crippen molar-refractivity contribution >= 4 is 7.92 Å². The summed E-state index contributed by atoms with van der Waals surface area (Å²) in [6.45, 7) is 0. The largest absolute Gasteiger partial charge is 0.0944 e. The molecule has 21 heavy (non-hydrogen) atoms. The molecule has 0 atom stereocenters. The molecule has 0 spiro atoms. The van der Waals surface area contributed by atoms with E-state index in [1.54, 1.807) is 0 Å². The monoisotopic (exact) mass is 296 g/mol. The summed E-state index contributed by atoms with van der Waals surface area (Å²) in [6.07, 6.45) is 10.1. The molecular formula is C20H25P. The maximum Gasteiger partial charge on any atom is 0.0291 e. The molecule has 0 aliphatic carbocycles. The molecule has 0 N–H and O–H groups in total. The highest BCUT2D eigenvalue weighted by molar-refractivity contribution is 7.58. The Balaban J connectivity index is 1.91. The summed E-state index contributed by atoms with van der Waals surface area (Å²) >= 11 is 0. The van der Waals surface area contributed by atoms with Crippen molar-refractivity contribution in [1.82, 2.24) is 0 Å². The molecule has 110 valence electrons. The van der Waals surface area contributed by atoms with Crippen molar-refractivity contribution < 1.29 is 0 Å². The highest BCUT2D eigenvalue weighted by atomic mass is 31.1. The van der Waals surface area contributed by atoms with Gasteiger partial charge in [0.25, 0.3) is 0 Å². The van der Waals surface area contributed by atoms with E-state index in [1.807, 2.05) is 0 Å². The Hall–Kier alpha value is -1.13. The molecule has 1 saturated heterocycles. The van der Waals surface area contributed by atoms with Gasteiger partial charge < -0.3 is 0 Å². The molecule has 1 aliphatic rings. The van der Waals surface area contributed by atoms with Crippen LogP contribution in [0.25, 0.3) is 0 Å². The van der Waals surface area contributed by atoms with Crippen LogP contribution in [0.1, 0.15) is 48.9 Å². The van der Waals surface area contributed by atoms with E-state index in [-0.39, 0.29) is 7.92 Å². The quantitative estimate of drug-likeness (QED) is 0.590. The fraction of sp³-hybridized carbons (Fsp3) is 0.400. The second-order valence-electron chi connectivity index (χ2n) is 6.03. The molecule has 0 bridgehead atoms. The zero-order valence-corrected chi connectivity index (χ0v) is 13.6. The zero-order valence-electron chi connectivity index (χ0n) is 12.7. The van der Waals surface area contributed by atoms with Crippen molar-refractivity contribution in [2.45, 2.75) is 37.8 Å². The van der Waals surface area contributed by atoms with Gasteiger partial charge in [0, 0.05) is 5.66 Å². The van der Waals surface area contributed by atoms with Crippen LogP contribution in [0.2, 0.25) is 0 Å². The maximum absolute atomic E-state index is 2.33. The topological polar surface area (TPSA) is 0 Å². The third-order valence-electron chi connectivity index (χ3n) is 4.49. The first-order valence-electron chi connectivity index (χ1n) is 8.29. The molecule has 2 aromatic carbocycles. The van der Waals surface area contributed by atoms with Gasteiger partial charge in [-0.2, -0.15) is 0 Å². The fourth-order valence-electron chi connectivity index (χ4n) is 3.41. The SMILES string of the molecule is c1ccc(C(c2ccccc2)P2CCCCCCC2)cc1. The second kappa shape index (κ2) is 7.76. The summed E-state index contributed by atoms with van der Waals surface area (Å²) in [5.41, 5.74) is 3.69. The van der Waals surface area contributed by atoms with Gasteiger partial charge in [-0.05, 0) is 36.3 Å². The molecule has 0 aromatic heterocycles. The molecule has 0 amide bonds. The van der Waals surface area contributed by atoms with Gasteiger partial charge in [0.2, 0.25) is 0 Å². The minimum Gasteiger partial charge on any atom is -0.0944 e. The van der Waals surface area contributed by atoms with Gasteiger partial charge in [-0.3, -0.25) is 0 Å². The first-order chi connectivity index (χ1) is 10.4. The van der Waals surface area contributed by atoms with Gasteiger partial charge in [0.15, 0.2) is 0 Å². The first-order valence-corrected chi connectivity index (χ1v) is 10.1. The van der Waals surface area contributed by atoms with Crippen molar-refractivity contribution in [3.05, 3.63) is 71.8 Å². The Morgan fingerprint density at radius 2 is 1.00 bits per heavy atom. The van der Waals surface area contributed by atoms with E-state index in [4.69, 9.17) is 0 Å². The van der Waals surface area contributed by atoms with Gasteiger partial charge in [0.05, 0.1) is 0 Å². The minimum atomic E-state index is 0.0686. The molecule has 3 rings (SSSR count). The first kappa shape index (κ1) is 14.8. The average molecular weight is 296 g/mol. The second-order valence-corrected chi connectivity index (χ2v) is 8.62. The van der Waals surface area contributed by atoms with E-state index < -0.39 is 0 Å². The fourth-order valence-corrected chi connectivity index (χ4v) is 6.60. The lowest BCUT2D eigenvalue weighted by atomic mass is 10.0. The zero-order chi connectivity index (χ0) is 14.3. The van der Waals surface area contributed by atoms with Gasteiger partial charge in [-0.1, -0.05) is 87.8 Å². The molecule has 1 heteroatoms. The van der Waals surface area contributed by atoms with Gasteiger partial charge in [0.1, 0.15) is 0 Å². The van der Waals surface area contributed by atoms with E-state index in [0.29, 0.717) is 5.66 Å². The smallest absolute Gasteiger partial charge is 0.0291 e. The Labute approximate surface area is 130 Å². The molecule has 0 radical (unpaired) electrons. The van der Waals surface area contributed by atoms with Crippen LogP contribution in [-0.2, 0) is 0 Å². The molecular weight excluding hydrogens is 271 g/mol. The van der Waals surface area contributed by atoms with Gasteiger partial charge in [-0.15, -0.1) is 0 Å². The normalized spacial score (nSPS) is 17.4. The number of hydrogen-bond acceptors (Lipinski definition) is 0. The van der Waals surface area contributed by atoms with Crippen LogP contribution in [0, 0.1) is 0 Å². The summed E-state index contributed by atoms with van der Waals surface area (Å²) in [4.78, 5) is 0. The molecule has 1 fully saturated rings. The third-order valence-corrected chi connectivity index (χ3v) is 7.59. The summed E-state index contributed by atoms with van der Waals surface area (Å²) < 4.78 is 0. The maximum atomic E-state index is 2.33. The Morgan fingerprint density at radius 1 is 0.571 bits per heavy atom. The standard InChI is InChI=1S/C20H25P/c1-2-10-16-21(17-11-3-1)20(18-12-6-4-7-13-18)19-14-8-5-9-15-19/h4-9,12-15,20H,1-3,10-11,16-17H2. The Kier molecular flexibility index (Phi) is 5.46. The van der Waals surface area contributed by atoms with Crippen LogP contribution in [0.3, 0.4) is 0 Å². The van der Waals surface area contributed by atoms with E-state index in [0.717, 1.165) is 0 Å². The molecule has 0 nitrogen and oxygen atoms in total. The van der Waals surface area contributed by atoms with Gasteiger partial charge in [-0.25, -0.2) is 0 Å². The lowest BCUT2D eigenvalue weighted by Crippen LogP contribution is -2.06. The average Bonchev–Trinajstić information content (AvgIpc) is 2.52. The number of rotatable bonds is 3. The predicted octanol–water partition coefficient (Wildman–Crippen LogP) is 6.22. The van der Waals surface area contributed by atoms with E-state index >= 15 is 0 Å². The van der Waals surface area contributed by atoms with Crippen molar-refractivity contribution in [3.8, 4) is 0 Å². The van der Waals surface area contributed by atoms with E-state index in [9.17, 15) is 0 Å². The number of benzene rings is 2. The van der Waals surface area contributed by atoms with Crippen LogP contribution in [0.15, 0.2) is 60.7 Å². The Morgan fingerprint density at radius 3 is 1.48 bits per heavy atom. The molecule has 0 unspecified atom stereocenters. The van der Waals surface area contributed by atoms with Crippen LogP contribution in [0.5, 0.6) is 0 Å². The summed E-state index contributed by atoms with van der Waals surface area (Å²) in [5.74, 6) is 0. The number of hydrogen-bond donors (Lipinski definition) is 0. The van der Waals surface area contributed by atoms with E-state index in [1.165, 1.54) is 55.6 Å². The summed E-state index contributed by atoms with van der Waals surface area (Å²) in [6, 6.07) is 22.4. The summed E-state index contributed by atoms with van der Waals surface area (Å²) in [5, 5.41) is 0. The molecule has 1 aliphatic heterocycles. The lowest BCUT2D eigenvalue weighted by molar-refractivity contribution is 0.646. The highest BCUT2D eigenvalue weighted by Gasteiger charge is 2.24. The van der Waals surface area contributed by atoms with Crippen LogP contribution >= 0.6 is 7.92 Å². The predicted molar refractivity (Wildman–Crippen MR) is 94.5 cm³/mol. The minimum absolute atomic E-state index is 0.0686.